The second-order valence-electron chi connectivity index (χ2n) is 7.34. The van der Waals surface area contributed by atoms with Gasteiger partial charge in [-0.25, -0.2) is 4.99 Å². The minimum absolute atomic E-state index is 0.000637. The Morgan fingerprint density at radius 3 is 2.65 bits per heavy atom. The molecule has 0 bridgehead atoms. The van der Waals surface area contributed by atoms with Gasteiger partial charge in [0.1, 0.15) is 17.9 Å². The summed E-state index contributed by atoms with van der Waals surface area (Å²) in [6.45, 7) is 2.03. The van der Waals surface area contributed by atoms with E-state index in [1.807, 2.05) is 24.3 Å². The van der Waals surface area contributed by atoms with Crippen LogP contribution in [-0.4, -0.2) is 48.2 Å². The highest BCUT2D eigenvalue weighted by Crippen LogP contribution is 2.21. The van der Waals surface area contributed by atoms with Crippen LogP contribution in [0.4, 0.5) is 0 Å². The van der Waals surface area contributed by atoms with Crippen molar-refractivity contribution in [2.45, 2.75) is 31.5 Å². The number of amides is 1. The third kappa shape index (κ3) is 6.53. The maximum absolute atomic E-state index is 12.4. The van der Waals surface area contributed by atoms with Crippen LogP contribution in [0, 0.1) is 0 Å². The summed E-state index contributed by atoms with van der Waals surface area (Å²) < 4.78 is 6.04. The van der Waals surface area contributed by atoms with Crippen LogP contribution < -0.4 is 26.8 Å². The maximum Gasteiger partial charge on any atom is 0.320 e. The fourth-order valence-electron chi connectivity index (χ4n) is 3.19. The van der Waals surface area contributed by atoms with E-state index < -0.39 is 17.9 Å². The Labute approximate surface area is 180 Å². The number of ether oxygens (including phenoxy) is 1. The molecule has 0 spiro atoms. The topological polar surface area (TPSA) is 152 Å². The molecule has 1 heterocycles. The minimum atomic E-state index is -1.07. The summed E-state index contributed by atoms with van der Waals surface area (Å²) >= 11 is 0. The fraction of sp³-hybridized carbons (Fsp3) is 0.318. The molecule has 9 heteroatoms. The van der Waals surface area contributed by atoms with Gasteiger partial charge in [0.25, 0.3) is 5.91 Å². The van der Waals surface area contributed by atoms with Gasteiger partial charge in [-0.3, -0.25) is 14.9 Å². The van der Waals surface area contributed by atoms with Crippen LogP contribution in [0.2, 0.25) is 0 Å². The Hall–Kier alpha value is -3.43. The molecule has 0 aliphatic carbocycles. The number of guanidine groups is 1. The van der Waals surface area contributed by atoms with Gasteiger partial charge in [-0.2, -0.15) is 0 Å². The molecule has 0 aromatic heterocycles. The number of aliphatic imine (C=N–C) groups is 1. The zero-order chi connectivity index (χ0) is 22.2. The predicted molar refractivity (Wildman–Crippen MR) is 117 cm³/mol. The highest BCUT2D eigenvalue weighted by atomic mass is 16.5. The number of hydrogen-bond acceptors (Lipinski definition) is 6. The molecule has 0 saturated carbocycles. The summed E-state index contributed by atoms with van der Waals surface area (Å²) in [5.74, 6) is -0.719. The zero-order valence-electron chi connectivity index (χ0n) is 17.1. The van der Waals surface area contributed by atoms with Gasteiger partial charge in [0, 0.05) is 17.7 Å². The third-order valence-corrected chi connectivity index (χ3v) is 4.93. The van der Waals surface area contributed by atoms with Crippen LogP contribution in [-0.2, 0) is 17.8 Å². The number of nitrogens with one attached hydrogen (secondary N) is 2. The SMILES string of the molecule is NC(=NCc1ccccc1O[C@@H]1CCNC1)NC(=O)c1ccc(C[C@H](N)C(=O)O)cc1. The smallest absolute Gasteiger partial charge is 0.320 e. The Bertz CT molecular complexity index is 939. The number of carbonyl (C=O) groups is 2. The number of nitrogens with zero attached hydrogens (tertiary/aromatic N) is 1. The summed E-state index contributed by atoms with van der Waals surface area (Å²) in [5, 5.41) is 14.7. The number of nitrogens with two attached hydrogens (primary N) is 2. The van der Waals surface area contributed by atoms with E-state index in [1.54, 1.807) is 24.3 Å². The van der Waals surface area contributed by atoms with E-state index in [1.165, 1.54) is 0 Å². The molecule has 0 radical (unpaired) electrons. The number of hydrogen-bond donors (Lipinski definition) is 5. The molecule has 1 fully saturated rings. The first kappa shape index (κ1) is 22.3. The highest BCUT2D eigenvalue weighted by molar-refractivity contribution is 6.05. The summed E-state index contributed by atoms with van der Waals surface area (Å²) in [7, 11) is 0. The van der Waals surface area contributed by atoms with E-state index in [2.05, 4.69) is 15.6 Å². The molecule has 1 saturated heterocycles. The number of aliphatic carboxylic acids is 1. The lowest BCUT2D eigenvalue weighted by atomic mass is 10.0. The van der Waals surface area contributed by atoms with Crippen molar-refractivity contribution in [2.24, 2.45) is 16.5 Å². The van der Waals surface area contributed by atoms with Gasteiger partial charge in [0.2, 0.25) is 0 Å². The lowest BCUT2D eigenvalue weighted by Gasteiger charge is -2.15. The lowest BCUT2D eigenvalue weighted by molar-refractivity contribution is -0.138. The number of benzene rings is 2. The molecule has 2 aromatic carbocycles. The van der Waals surface area contributed by atoms with Crippen molar-refractivity contribution in [3.8, 4) is 5.75 Å². The van der Waals surface area contributed by atoms with Crippen LogP contribution in [0.5, 0.6) is 5.75 Å². The van der Waals surface area contributed by atoms with Crippen molar-refractivity contribution < 1.29 is 19.4 Å². The first-order valence-corrected chi connectivity index (χ1v) is 10.1. The molecule has 164 valence electrons. The second-order valence-corrected chi connectivity index (χ2v) is 7.34. The number of carboxylic acids is 1. The van der Waals surface area contributed by atoms with Crippen LogP contribution in [0.15, 0.2) is 53.5 Å². The monoisotopic (exact) mass is 425 g/mol. The van der Waals surface area contributed by atoms with Crippen molar-refractivity contribution in [2.75, 3.05) is 13.1 Å². The van der Waals surface area contributed by atoms with E-state index in [0.29, 0.717) is 5.56 Å². The van der Waals surface area contributed by atoms with Gasteiger partial charge in [-0.05, 0) is 43.1 Å². The van der Waals surface area contributed by atoms with Gasteiger partial charge in [0.15, 0.2) is 5.96 Å². The number of carboxylic acid groups (broad SMARTS) is 1. The Morgan fingerprint density at radius 2 is 1.97 bits per heavy atom. The fourth-order valence-corrected chi connectivity index (χ4v) is 3.19. The van der Waals surface area contributed by atoms with Crippen LogP contribution in [0.3, 0.4) is 0 Å². The number of carbonyl (C=O) groups excluding carboxylic acids is 1. The van der Waals surface area contributed by atoms with Gasteiger partial charge in [0.05, 0.1) is 6.54 Å². The van der Waals surface area contributed by atoms with E-state index in [4.69, 9.17) is 21.3 Å². The molecule has 31 heavy (non-hydrogen) atoms. The minimum Gasteiger partial charge on any atom is -0.489 e. The van der Waals surface area contributed by atoms with Crippen LogP contribution in [0.25, 0.3) is 0 Å². The van der Waals surface area contributed by atoms with Crippen LogP contribution >= 0.6 is 0 Å². The molecule has 7 N–H and O–H groups in total. The highest BCUT2D eigenvalue weighted by Gasteiger charge is 2.17. The molecular weight excluding hydrogens is 398 g/mol. The van der Waals surface area contributed by atoms with E-state index in [9.17, 15) is 9.59 Å². The average Bonchev–Trinajstić information content (AvgIpc) is 3.26. The van der Waals surface area contributed by atoms with E-state index in [0.717, 1.165) is 36.4 Å². The first-order valence-electron chi connectivity index (χ1n) is 10.1. The van der Waals surface area contributed by atoms with Gasteiger partial charge >= 0.3 is 5.97 Å². The first-order chi connectivity index (χ1) is 14.9. The van der Waals surface area contributed by atoms with Gasteiger partial charge in [-0.15, -0.1) is 0 Å². The average molecular weight is 425 g/mol. The molecule has 2 atom stereocenters. The normalized spacial score (nSPS) is 17.2. The molecule has 1 aliphatic rings. The molecule has 9 nitrogen and oxygen atoms in total. The molecule has 1 amide bonds. The molecule has 2 aromatic rings. The van der Waals surface area contributed by atoms with Gasteiger partial charge < -0.3 is 26.6 Å². The Balaban J connectivity index is 1.57. The largest absolute Gasteiger partial charge is 0.489 e. The molecule has 1 aliphatic heterocycles. The standard InChI is InChI=1S/C22H27N5O4/c23-18(21(29)30)11-14-5-7-15(8-6-14)20(28)27-22(24)26-12-16-3-1-2-4-19(16)31-17-9-10-25-13-17/h1-8,17-18,25H,9-13,23H2,(H,29,30)(H3,24,26,27,28)/t17-,18+/m1/s1. The van der Waals surface area contributed by atoms with Crippen molar-refractivity contribution in [3.63, 3.8) is 0 Å². The van der Waals surface area contributed by atoms with Crippen molar-refractivity contribution in [3.05, 3.63) is 65.2 Å². The quantitative estimate of drug-likeness (QED) is 0.307. The van der Waals surface area contributed by atoms with Crippen molar-refractivity contribution in [1.29, 1.82) is 0 Å². The second kappa shape index (κ2) is 10.6. The predicted octanol–water partition coefficient (Wildman–Crippen LogP) is 0.626. The number of rotatable bonds is 8. The molecule has 3 rings (SSSR count). The third-order valence-electron chi connectivity index (χ3n) is 4.93. The maximum atomic E-state index is 12.4. The summed E-state index contributed by atoms with van der Waals surface area (Å²) in [4.78, 5) is 27.5. The van der Waals surface area contributed by atoms with Crippen molar-refractivity contribution >= 4 is 17.8 Å². The Morgan fingerprint density at radius 1 is 1.23 bits per heavy atom. The van der Waals surface area contributed by atoms with Gasteiger partial charge in [-0.1, -0.05) is 30.3 Å². The lowest BCUT2D eigenvalue weighted by Crippen LogP contribution is -2.36. The zero-order valence-corrected chi connectivity index (χ0v) is 17.1. The summed E-state index contributed by atoms with van der Waals surface area (Å²) in [5.41, 5.74) is 13.4. The Kier molecular flexibility index (Phi) is 7.58. The van der Waals surface area contributed by atoms with E-state index in [-0.39, 0.29) is 25.0 Å². The van der Waals surface area contributed by atoms with Crippen LogP contribution in [0.1, 0.15) is 27.9 Å². The molecular formula is C22H27N5O4. The van der Waals surface area contributed by atoms with E-state index >= 15 is 0 Å². The number of para-hydroxylation sites is 1. The summed E-state index contributed by atoms with van der Waals surface area (Å²) in [6.07, 6.45) is 1.27. The summed E-state index contributed by atoms with van der Waals surface area (Å²) in [6, 6.07) is 13.1. The molecule has 0 unspecified atom stereocenters. The van der Waals surface area contributed by atoms with Crippen molar-refractivity contribution in [1.82, 2.24) is 10.6 Å².